The average Bonchev–Trinajstić information content (AvgIpc) is 2.97. The van der Waals surface area contributed by atoms with Crippen LogP contribution in [0, 0.1) is 20.8 Å². The van der Waals surface area contributed by atoms with Gasteiger partial charge in [0.1, 0.15) is 0 Å². The number of nitrogens with zero attached hydrogens (tertiary/aromatic N) is 3. The number of aromatic nitrogens is 3. The van der Waals surface area contributed by atoms with E-state index in [-0.39, 0.29) is 0 Å². The van der Waals surface area contributed by atoms with Gasteiger partial charge in [0, 0.05) is 29.5 Å². The van der Waals surface area contributed by atoms with Crippen molar-refractivity contribution in [3.8, 4) is 0 Å². The maximum absolute atomic E-state index is 4.59. The molecule has 0 aliphatic rings. The summed E-state index contributed by atoms with van der Waals surface area (Å²) in [4.78, 5) is 11.4. The van der Waals surface area contributed by atoms with Crippen molar-refractivity contribution in [2.24, 2.45) is 0 Å². The molecule has 0 aliphatic heterocycles. The Morgan fingerprint density at radius 3 is 2.79 bits per heavy atom. The number of nitrogens with one attached hydrogen (secondary N) is 1. The maximum Gasteiger partial charge on any atom is 0.194 e. The van der Waals surface area contributed by atoms with Gasteiger partial charge in [-0.1, -0.05) is 0 Å². The SMILES string of the molecule is Cc1cn2c(CNCc3csc(C)n3)c(C)nc2s1. The van der Waals surface area contributed by atoms with Gasteiger partial charge in [0.05, 0.1) is 22.1 Å². The first-order valence-corrected chi connectivity index (χ1v) is 7.89. The highest BCUT2D eigenvalue weighted by Gasteiger charge is 2.10. The third kappa shape index (κ3) is 2.56. The van der Waals surface area contributed by atoms with E-state index in [1.807, 2.05) is 6.92 Å². The number of thiazole rings is 2. The molecule has 0 atom stereocenters. The van der Waals surface area contributed by atoms with Crippen LogP contribution in [-0.2, 0) is 13.1 Å². The molecule has 0 amide bonds. The zero-order valence-corrected chi connectivity index (χ0v) is 12.9. The second kappa shape index (κ2) is 5.03. The standard InChI is InChI=1S/C13H16N4S2/c1-8-6-17-12(9(2)15-13(17)19-8)5-14-4-11-7-18-10(3)16-11/h6-7,14H,4-5H2,1-3H3. The molecule has 3 heterocycles. The quantitative estimate of drug-likeness (QED) is 0.803. The summed E-state index contributed by atoms with van der Waals surface area (Å²) in [5, 5.41) is 6.67. The molecule has 19 heavy (non-hydrogen) atoms. The second-order valence-electron chi connectivity index (χ2n) is 4.60. The van der Waals surface area contributed by atoms with Crippen LogP contribution in [0.15, 0.2) is 11.6 Å². The van der Waals surface area contributed by atoms with Gasteiger partial charge in [0.15, 0.2) is 4.96 Å². The molecular weight excluding hydrogens is 276 g/mol. The van der Waals surface area contributed by atoms with Gasteiger partial charge in [-0.05, 0) is 20.8 Å². The molecule has 3 rings (SSSR count). The normalized spacial score (nSPS) is 11.5. The van der Waals surface area contributed by atoms with Crippen LogP contribution in [0.4, 0.5) is 0 Å². The molecule has 6 heteroatoms. The van der Waals surface area contributed by atoms with Crippen LogP contribution in [0.3, 0.4) is 0 Å². The zero-order chi connectivity index (χ0) is 13.4. The van der Waals surface area contributed by atoms with Crippen molar-refractivity contribution in [3.63, 3.8) is 0 Å². The molecule has 0 saturated carbocycles. The van der Waals surface area contributed by atoms with Crippen molar-refractivity contribution in [3.05, 3.63) is 38.5 Å². The third-order valence-electron chi connectivity index (χ3n) is 3.01. The molecule has 0 fully saturated rings. The van der Waals surface area contributed by atoms with Gasteiger partial charge >= 0.3 is 0 Å². The largest absolute Gasteiger partial charge is 0.305 e. The first-order chi connectivity index (χ1) is 9.13. The van der Waals surface area contributed by atoms with Crippen molar-refractivity contribution in [1.29, 1.82) is 0 Å². The van der Waals surface area contributed by atoms with E-state index in [1.54, 1.807) is 22.7 Å². The topological polar surface area (TPSA) is 42.2 Å². The highest BCUT2D eigenvalue weighted by Crippen LogP contribution is 2.20. The van der Waals surface area contributed by atoms with E-state index < -0.39 is 0 Å². The fraction of sp³-hybridized carbons (Fsp3) is 0.385. The summed E-state index contributed by atoms with van der Waals surface area (Å²) < 4.78 is 2.19. The molecule has 0 spiro atoms. The summed E-state index contributed by atoms with van der Waals surface area (Å²) >= 11 is 3.43. The Bertz CT molecular complexity index is 707. The monoisotopic (exact) mass is 292 g/mol. The lowest BCUT2D eigenvalue weighted by molar-refractivity contribution is 0.662. The molecule has 0 saturated heterocycles. The molecule has 3 aromatic rings. The van der Waals surface area contributed by atoms with Gasteiger partial charge in [-0.25, -0.2) is 9.97 Å². The number of fused-ring (bicyclic) bond motifs is 1. The molecule has 100 valence electrons. The fourth-order valence-corrected chi connectivity index (χ4v) is 3.62. The average molecular weight is 292 g/mol. The predicted octanol–water partition coefficient (Wildman–Crippen LogP) is 3.07. The minimum atomic E-state index is 0.806. The molecule has 0 aromatic carbocycles. The summed E-state index contributed by atoms with van der Waals surface area (Å²) in [7, 11) is 0. The first kappa shape index (κ1) is 12.8. The summed E-state index contributed by atoms with van der Waals surface area (Å²) in [6, 6.07) is 0. The Kier molecular flexibility index (Phi) is 3.38. The Morgan fingerprint density at radius 2 is 2.05 bits per heavy atom. The number of rotatable bonds is 4. The Balaban J connectivity index is 1.72. The van der Waals surface area contributed by atoms with E-state index in [0.717, 1.165) is 34.4 Å². The third-order valence-corrected chi connectivity index (χ3v) is 4.73. The van der Waals surface area contributed by atoms with Crippen LogP contribution in [-0.4, -0.2) is 14.4 Å². The predicted molar refractivity (Wildman–Crippen MR) is 79.9 cm³/mol. The Hall–Kier alpha value is -1.24. The van der Waals surface area contributed by atoms with Crippen molar-refractivity contribution in [1.82, 2.24) is 19.7 Å². The van der Waals surface area contributed by atoms with Crippen molar-refractivity contribution in [2.45, 2.75) is 33.9 Å². The van der Waals surface area contributed by atoms with Crippen LogP contribution in [0.25, 0.3) is 4.96 Å². The molecule has 1 N–H and O–H groups in total. The number of hydrogen-bond acceptors (Lipinski definition) is 5. The van der Waals surface area contributed by atoms with Crippen LogP contribution in [0.2, 0.25) is 0 Å². The summed E-state index contributed by atoms with van der Waals surface area (Å²) in [6.07, 6.45) is 2.16. The summed E-state index contributed by atoms with van der Waals surface area (Å²) in [5.74, 6) is 0. The summed E-state index contributed by atoms with van der Waals surface area (Å²) in [5.41, 5.74) is 3.46. The Labute approximate surface area is 120 Å². The van der Waals surface area contributed by atoms with E-state index in [4.69, 9.17) is 0 Å². The lowest BCUT2D eigenvalue weighted by atomic mass is 10.3. The fourth-order valence-electron chi connectivity index (χ4n) is 2.12. The van der Waals surface area contributed by atoms with Gasteiger partial charge in [-0.2, -0.15) is 0 Å². The van der Waals surface area contributed by atoms with Crippen LogP contribution >= 0.6 is 22.7 Å². The molecule has 0 aliphatic carbocycles. The lowest BCUT2D eigenvalue weighted by Crippen LogP contribution is -2.15. The van der Waals surface area contributed by atoms with Crippen molar-refractivity contribution < 1.29 is 0 Å². The van der Waals surface area contributed by atoms with E-state index in [2.05, 4.69) is 45.1 Å². The molecular formula is C13H16N4S2. The van der Waals surface area contributed by atoms with Crippen molar-refractivity contribution >= 4 is 27.6 Å². The van der Waals surface area contributed by atoms with E-state index in [1.165, 1.54) is 10.6 Å². The minimum absolute atomic E-state index is 0.806. The molecule has 4 nitrogen and oxygen atoms in total. The van der Waals surface area contributed by atoms with Crippen LogP contribution < -0.4 is 5.32 Å². The highest BCUT2D eigenvalue weighted by molar-refractivity contribution is 7.17. The van der Waals surface area contributed by atoms with E-state index >= 15 is 0 Å². The van der Waals surface area contributed by atoms with Crippen LogP contribution in [0.5, 0.6) is 0 Å². The number of imidazole rings is 1. The first-order valence-electron chi connectivity index (χ1n) is 6.19. The lowest BCUT2D eigenvalue weighted by Gasteiger charge is -2.03. The van der Waals surface area contributed by atoms with Gasteiger partial charge < -0.3 is 5.32 Å². The van der Waals surface area contributed by atoms with Gasteiger partial charge in [0.25, 0.3) is 0 Å². The van der Waals surface area contributed by atoms with Gasteiger partial charge in [-0.15, -0.1) is 22.7 Å². The molecule has 0 radical (unpaired) electrons. The van der Waals surface area contributed by atoms with Crippen molar-refractivity contribution in [2.75, 3.05) is 0 Å². The zero-order valence-electron chi connectivity index (χ0n) is 11.2. The summed E-state index contributed by atoms with van der Waals surface area (Å²) in [6.45, 7) is 7.84. The van der Waals surface area contributed by atoms with E-state index in [0.29, 0.717) is 0 Å². The smallest absolute Gasteiger partial charge is 0.194 e. The molecule has 0 bridgehead atoms. The second-order valence-corrected chi connectivity index (χ2v) is 6.88. The highest BCUT2D eigenvalue weighted by atomic mass is 32.1. The van der Waals surface area contributed by atoms with E-state index in [9.17, 15) is 0 Å². The number of aryl methyl sites for hydroxylation is 3. The minimum Gasteiger partial charge on any atom is -0.305 e. The Morgan fingerprint density at radius 1 is 1.21 bits per heavy atom. The van der Waals surface area contributed by atoms with Crippen LogP contribution in [0.1, 0.15) is 27.0 Å². The molecule has 3 aromatic heterocycles. The van der Waals surface area contributed by atoms with Gasteiger partial charge in [0.2, 0.25) is 0 Å². The number of hydrogen-bond donors (Lipinski definition) is 1. The molecule has 0 unspecified atom stereocenters. The van der Waals surface area contributed by atoms with Gasteiger partial charge in [-0.3, -0.25) is 4.40 Å². The maximum atomic E-state index is 4.59.